The van der Waals surface area contributed by atoms with Crippen LogP contribution in [0.4, 0.5) is 16.2 Å². The van der Waals surface area contributed by atoms with Crippen molar-refractivity contribution < 1.29 is 9.53 Å². The van der Waals surface area contributed by atoms with E-state index in [9.17, 15) is 4.79 Å². The monoisotopic (exact) mass is 288 g/mol. The highest BCUT2D eigenvalue weighted by Crippen LogP contribution is 2.23. The van der Waals surface area contributed by atoms with E-state index in [-0.39, 0.29) is 6.03 Å². The number of carbonyl (C=O) groups is 1. The van der Waals surface area contributed by atoms with Gasteiger partial charge in [0, 0.05) is 10.6 Å². The molecule has 0 heterocycles. The van der Waals surface area contributed by atoms with Crippen molar-refractivity contribution in [1.82, 2.24) is 0 Å². The molecule has 0 aliphatic rings. The van der Waals surface area contributed by atoms with Crippen LogP contribution in [0.25, 0.3) is 0 Å². The van der Waals surface area contributed by atoms with Gasteiger partial charge >= 0.3 is 6.03 Å². The van der Waals surface area contributed by atoms with Crippen molar-refractivity contribution in [1.29, 1.82) is 0 Å². The zero-order chi connectivity index (χ0) is 14.4. The van der Waals surface area contributed by atoms with Crippen LogP contribution in [0, 0.1) is 0 Å². The van der Waals surface area contributed by atoms with Gasteiger partial charge in [-0.05, 0) is 42.7 Å². The van der Waals surface area contributed by atoms with E-state index in [0.29, 0.717) is 11.4 Å². The SMILES string of the molecule is COc1ccccc1NC(=O)Nc1ccc(SC)cc1. The molecule has 0 aliphatic carbocycles. The van der Waals surface area contributed by atoms with Crippen LogP contribution in [0.1, 0.15) is 0 Å². The number of urea groups is 1. The van der Waals surface area contributed by atoms with Crippen LogP contribution >= 0.6 is 11.8 Å². The van der Waals surface area contributed by atoms with E-state index in [4.69, 9.17) is 4.74 Å². The van der Waals surface area contributed by atoms with Crippen molar-refractivity contribution in [3.8, 4) is 5.75 Å². The molecule has 0 saturated heterocycles. The van der Waals surface area contributed by atoms with Crippen LogP contribution in [0.3, 0.4) is 0 Å². The maximum absolute atomic E-state index is 11.9. The summed E-state index contributed by atoms with van der Waals surface area (Å²) in [6, 6.07) is 14.6. The molecule has 0 bridgehead atoms. The summed E-state index contributed by atoms with van der Waals surface area (Å²) in [5.74, 6) is 0.625. The zero-order valence-electron chi connectivity index (χ0n) is 11.3. The highest BCUT2D eigenvalue weighted by atomic mass is 32.2. The largest absolute Gasteiger partial charge is 0.495 e. The minimum atomic E-state index is -0.300. The number of carbonyl (C=O) groups excluding carboxylic acids is 1. The Morgan fingerprint density at radius 2 is 1.75 bits per heavy atom. The second-order valence-corrected chi connectivity index (χ2v) is 4.89. The van der Waals surface area contributed by atoms with Crippen molar-refractivity contribution in [2.45, 2.75) is 4.90 Å². The van der Waals surface area contributed by atoms with Crippen LogP contribution in [0.5, 0.6) is 5.75 Å². The van der Waals surface area contributed by atoms with E-state index in [0.717, 1.165) is 10.6 Å². The molecule has 0 spiro atoms. The molecule has 4 nitrogen and oxygen atoms in total. The number of para-hydroxylation sites is 2. The van der Waals surface area contributed by atoms with E-state index in [1.807, 2.05) is 42.7 Å². The Hall–Kier alpha value is -2.14. The van der Waals surface area contributed by atoms with Gasteiger partial charge in [0.2, 0.25) is 0 Å². The van der Waals surface area contributed by atoms with Crippen LogP contribution in [0.15, 0.2) is 53.4 Å². The molecule has 2 rings (SSSR count). The third-order valence-electron chi connectivity index (χ3n) is 2.70. The Kier molecular flexibility index (Phi) is 4.90. The van der Waals surface area contributed by atoms with Crippen molar-refractivity contribution in [3.05, 3.63) is 48.5 Å². The Morgan fingerprint density at radius 1 is 1.05 bits per heavy atom. The van der Waals surface area contributed by atoms with Crippen molar-refractivity contribution in [2.24, 2.45) is 0 Å². The van der Waals surface area contributed by atoms with Gasteiger partial charge in [-0.25, -0.2) is 4.79 Å². The lowest BCUT2D eigenvalue weighted by atomic mass is 10.3. The van der Waals surface area contributed by atoms with Gasteiger partial charge in [-0.2, -0.15) is 0 Å². The molecule has 0 unspecified atom stereocenters. The Bertz CT molecular complexity index is 585. The summed E-state index contributed by atoms with van der Waals surface area (Å²) < 4.78 is 5.18. The first kappa shape index (κ1) is 14.3. The number of anilines is 2. The third-order valence-corrected chi connectivity index (χ3v) is 3.45. The third kappa shape index (κ3) is 3.68. The maximum atomic E-state index is 11.9. The van der Waals surface area contributed by atoms with Gasteiger partial charge in [-0.3, -0.25) is 0 Å². The summed E-state index contributed by atoms with van der Waals surface area (Å²) in [5.41, 5.74) is 1.38. The molecule has 2 aromatic rings. The van der Waals surface area contributed by atoms with Crippen LogP contribution in [0.2, 0.25) is 0 Å². The van der Waals surface area contributed by atoms with Gasteiger partial charge in [0.05, 0.1) is 12.8 Å². The summed E-state index contributed by atoms with van der Waals surface area (Å²) in [6.45, 7) is 0. The summed E-state index contributed by atoms with van der Waals surface area (Å²) in [7, 11) is 1.57. The molecule has 20 heavy (non-hydrogen) atoms. The molecule has 0 fully saturated rings. The molecule has 5 heteroatoms. The van der Waals surface area contributed by atoms with Crippen molar-refractivity contribution >= 4 is 29.2 Å². The minimum Gasteiger partial charge on any atom is -0.495 e. The van der Waals surface area contributed by atoms with E-state index in [1.54, 1.807) is 31.0 Å². The fraction of sp³-hybridized carbons (Fsp3) is 0.133. The average molecular weight is 288 g/mol. The number of hydrogen-bond acceptors (Lipinski definition) is 3. The van der Waals surface area contributed by atoms with Gasteiger partial charge in [0.15, 0.2) is 0 Å². The number of amides is 2. The molecular formula is C15H16N2O2S. The molecule has 104 valence electrons. The second-order valence-electron chi connectivity index (χ2n) is 4.01. The highest BCUT2D eigenvalue weighted by Gasteiger charge is 2.06. The molecule has 2 aromatic carbocycles. The average Bonchev–Trinajstić information content (AvgIpc) is 2.48. The molecule has 0 saturated carbocycles. The number of benzene rings is 2. The number of hydrogen-bond donors (Lipinski definition) is 2. The first-order valence-corrected chi connectivity index (χ1v) is 7.30. The Morgan fingerprint density at radius 3 is 2.40 bits per heavy atom. The molecular weight excluding hydrogens is 272 g/mol. The van der Waals surface area contributed by atoms with Crippen LogP contribution in [-0.2, 0) is 0 Å². The molecule has 2 N–H and O–H groups in total. The number of thioether (sulfide) groups is 1. The molecule has 0 aromatic heterocycles. The summed E-state index contributed by atoms with van der Waals surface area (Å²) in [5, 5.41) is 5.54. The Balaban J connectivity index is 2.01. The van der Waals surface area contributed by atoms with E-state index >= 15 is 0 Å². The fourth-order valence-corrected chi connectivity index (χ4v) is 2.12. The van der Waals surface area contributed by atoms with Crippen molar-refractivity contribution in [3.63, 3.8) is 0 Å². The van der Waals surface area contributed by atoms with Crippen molar-refractivity contribution in [2.75, 3.05) is 24.0 Å². The number of ether oxygens (including phenoxy) is 1. The molecule has 2 amide bonds. The van der Waals surface area contributed by atoms with Gasteiger partial charge in [-0.15, -0.1) is 11.8 Å². The normalized spacial score (nSPS) is 9.90. The zero-order valence-corrected chi connectivity index (χ0v) is 12.2. The second kappa shape index (κ2) is 6.86. The number of rotatable bonds is 4. The van der Waals surface area contributed by atoms with Gasteiger partial charge < -0.3 is 15.4 Å². The number of methoxy groups -OCH3 is 1. The van der Waals surface area contributed by atoms with Crippen LogP contribution < -0.4 is 15.4 Å². The lowest BCUT2D eigenvalue weighted by Crippen LogP contribution is -2.19. The quantitative estimate of drug-likeness (QED) is 0.834. The molecule has 0 atom stereocenters. The summed E-state index contributed by atoms with van der Waals surface area (Å²) in [6.07, 6.45) is 2.01. The standard InChI is InChI=1S/C15H16N2O2S/c1-19-14-6-4-3-5-13(14)17-15(18)16-11-7-9-12(20-2)10-8-11/h3-10H,1-2H3,(H2,16,17,18). The first-order valence-electron chi connectivity index (χ1n) is 6.08. The smallest absolute Gasteiger partial charge is 0.323 e. The van der Waals surface area contributed by atoms with Gasteiger partial charge in [-0.1, -0.05) is 12.1 Å². The first-order chi connectivity index (χ1) is 9.72. The van der Waals surface area contributed by atoms with Crippen LogP contribution in [-0.4, -0.2) is 19.4 Å². The highest BCUT2D eigenvalue weighted by molar-refractivity contribution is 7.98. The van der Waals surface area contributed by atoms with E-state index in [1.165, 1.54) is 0 Å². The fourth-order valence-electron chi connectivity index (χ4n) is 1.71. The molecule has 0 aliphatic heterocycles. The lowest BCUT2D eigenvalue weighted by Gasteiger charge is -2.11. The van der Waals surface area contributed by atoms with Gasteiger partial charge in [0.25, 0.3) is 0 Å². The maximum Gasteiger partial charge on any atom is 0.323 e. The topological polar surface area (TPSA) is 50.4 Å². The molecule has 0 radical (unpaired) electrons. The predicted molar refractivity (Wildman–Crippen MR) is 83.9 cm³/mol. The van der Waals surface area contributed by atoms with E-state index < -0.39 is 0 Å². The number of nitrogens with one attached hydrogen (secondary N) is 2. The summed E-state index contributed by atoms with van der Waals surface area (Å²) in [4.78, 5) is 13.1. The minimum absolute atomic E-state index is 0.300. The predicted octanol–water partition coefficient (Wildman–Crippen LogP) is 4.06. The Labute approximate surface area is 122 Å². The van der Waals surface area contributed by atoms with E-state index in [2.05, 4.69) is 10.6 Å². The summed E-state index contributed by atoms with van der Waals surface area (Å²) >= 11 is 1.66. The lowest BCUT2D eigenvalue weighted by molar-refractivity contribution is 0.262. The van der Waals surface area contributed by atoms with Gasteiger partial charge in [0.1, 0.15) is 5.75 Å².